The van der Waals surface area contributed by atoms with Crippen LogP contribution in [0, 0.1) is 5.92 Å². The van der Waals surface area contributed by atoms with Gasteiger partial charge in [0.15, 0.2) is 0 Å². The Labute approximate surface area is 199 Å². The number of carboxylic acids is 1. The van der Waals surface area contributed by atoms with Gasteiger partial charge in [0.1, 0.15) is 11.9 Å². The van der Waals surface area contributed by atoms with E-state index in [0.29, 0.717) is 17.0 Å². The summed E-state index contributed by atoms with van der Waals surface area (Å²) >= 11 is 0. The van der Waals surface area contributed by atoms with Crippen LogP contribution in [-0.2, 0) is 29.0 Å². The molecule has 34 heavy (non-hydrogen) atoms. The zero-order valence-electron chi connectivity index (χ0n) is 19.3. The fourth-order valence-corrected chi connectivity index (χ4v) is 4.57. The van der Waals surface area contributed by atoms with Crippen LogP contribution in [0.15, 0.2) is 36.4 Å². The molecule has 2 heterocycles. The van der Waals surface area contributed by atoms with Crippen molar-refractivity contribution in [2.45, 2.75) is 63.7 Å². The number of hydrogen-bond acceptors (Lipinski definition) is 6. The molecule has 1 aliphatic carbocycles. The number of fused-ring (bicyclic) bond motifs is 1. The number of aliphatic hydroxyl groups is 1. The van der Waals surface area contributed by atoms with Crippen molar-refractivity contribution < 1.29 is 24.5 Å². The van der Waals surface area contributed by atoms with Crippen LogP contribution in [0.25, 0.3) is 0 Å². The number of aryl methyl sites for hydroxylation is 2. The molecule has 8 heteroatoms. The summed E-state index contributed by atoms with van der Waals surface area (Å²) in [6.07, 6.45) is 6.59. The molecule has 8 nitrogen and oxygen atoms in total. The predicted octanol–water partition coefficient (Wildman–Crippen LogP) is 2.93. The SMILES string of the molecule is O=C(NC(CCO[C@H]1C[C@H](CCc2ccc3c(n2)NCCC3)C1)C(=O)O)c1cccc(CO)c1. The molecule has 0 spiro atoms. The molecule has 1 aromatic heterocycles. The summed E-state index contributed by atoms with van der Waals surface area (Å²) in [7, 11) is 0. The number of ether oxygens (including phenoxy) is 1. The van der Waals surface area contributed by atoms with E-state index in [-0.39, 0.29) is 25.7 Å². The Kier molecular flexibility index (Phi) is 8.13. The Bertz CT molecular complexity index is 1010. The van der Waals surface area contributed by atoms with Crippen molar-refractivity contribution in [1.29, 1.82) is 0 Å². The lowest BCUT2D eigenvalue weighted by molar-refractivity contribution is -0.140. The van der Waals surface area contributed by atoms with Gasteiger partial charge in [0.25, 0.3) is 5.91 Å². The van der Waals surface area contributed by atoms with Crippen LogP contribution in [0.1, 0.15) is 59.3 Å². The molecular weight excluding hydrogens is 434 g/mol. The van der Waals surface area contributed by atoms with Gasteiger partial charge in [-0.1, -0.05) is 18.2 Å². The number of nitrogens with zero attached hydrogens (tertiary/aromatic N) is 1. The second-order valence-electron chi connectivity index (χ2n) is 9.22. The second-order valence-corrected chi connectivity index (χ2v) is 9.22. The van der Waals surface area contributed by atoms with E-state index < -0.39 is 17.9 Å². The lowest BCUT2D eigenvalue weighted by Gasteiger charge is -2.35. The minimum absolute atomic E-state index is 0.148. The van der Waals surface area contributed by atoms with Crippen LogP contribution in [0.5, 0.6) is 0 Å². The van der Waals surface area contributed by atoms with Crippen LogP contribution < -0.4 is 10.6 Å². The summed E-state index contributed by atoms with van der Waals surface area (Å²) in [5.74, 6) is 0.0792. The van der Waals surface area contributed by atoms with E-state index in [1.54, 1.807) is 24.3 Å². The molecule has 0 radical (unpaired) electrons. The molecule has 1 atom stereocenters. The lowest BCUT2D eigenvalue weighted by atomic mass is 9.79. The first kappa shape index (κ1) is 24.2. The molecule has 1 unspecified atom stereocenters. The minimum atomic E-state index is -1.09. The smallest absolute Gasteiger partial charge is 0.326 e. The zero-order valence-corrected chi connectivity index (χ0v) is 19.3. The van der Waals surface area contributed by atoms with Gasteiger partial charge >= 0.3 is 5.97 Å². The highest BCUT2D eigenvalue weighted by Gasteiger charge is 2.30. The van der Waals surface area contributed by atoms with E-state index in [1.165, 1.54) is 5.56 Å². The van der Waals surface area contributed by atoms with E-state index in [4.69, 9.17) is 9.72 Å². The summed E-state index contributed by atoms with van der Waals surface area (Å²) in [6, 6.07) is 9.81. The predicted molar refractivity (Wildman–Crippen MR) is 128 cm³/mol. The van der Waals surface area contributed by atoms with Gasteiger partial charge in [-0.25, -0.2) is 9.78 Å². The fraction of sp³-hybridized carbons (Fsp3) is 0.500. The normalized spacial score (nSPS) is 19.9. The highest BCUT2D eigenvalue weighted by Crippen LogP contribution is 2.34. The van der Waals surface area contributed by atoms with E-state index in [9.17, 15) is 19.8 Å². The Morgan fingerprint density at radius 2 is 2.09 bits per heavy atom. The Morgan fingerprint density at radius 3 is 2.88 bits per heavy atom. The summed E-state index contributed by atoms with van der Waals surface area (Å²) in [6.45, 7) is 1.10. The van der Waals surface area contributed by atoms with Crippen LogP contribution in [-0.4, -0.2) is 52.4 Å². The number of aliphatic hydroxyl groups excluding tert-OH is 1. The number of carbonyl (C=O) groups is 2. The van der Waals surface area contributed by atoms with Gasteiger partial charge in [0.05, 0.1) is 12.7 Å². The van der Waals surface area contributed by atoms with Gasteiger partial charge in [-0.15, -0.1) is 0 Å². The van der Waals surface area contributed by atoms with Crippen molar-refractivity contribution in [3.63, 3.8) is 0 Å². The number of pyridine rings is 1. The minimum Gasteiger partial charge on any atom is -0.480 e. The van der Waals surface area contributed by atoms with Crippen LogP contribution >= 0.6 is 0 Å². The topological polar surface area (TPSA) is 121 Å². The molecule has 1 saturated carbocycles. The molecule has 1 aromatic carbocycles. The third-order valence-electron chi connectivity index (χ3n) is 6.69. The molecular formula is C26H33N3O5. The first-order valence-electron chi connectivity index (χ1n) is 12.1. The summed E-state index contributed by atoms with van der Waals surface area (Å²) in [5.41, 5.74) is 3.36. The number of anilines is 1. The van der Waals surface area contributed by atoms with E-state index in [2.05, 4.69) is 22.8 Å². The van der Waals surface area contributed by atoms with Gasteiger partial charge < -0.3 is 25.6 Å². The molecule has 0 bridgehead atoms. The van der Waals surface area contributed by atoms with E-state index in [0.717, 1.165) is 56.6 Å². The molecule has 4 N–H and O–H groups in total. The number of rotatable bonds is 11. The summed E-state index contributed by atoms with van der Waals surface area (Å²) in [4.78, 5) is 28.7. The Hall–Kier alpha value is -2.97. The standard InChI is InChI=1S/C26H33N3O5/c30-16-18-3-1-4-20(13-18)25(31)29-23(26(32)33)10-12-34-22-14-17(15-22)6-8-21-9-7-19-5-2-11-27-24(19)28-21/h1,3-4,7,9,13,17,22-23,30H,2,5-6,8,10-12,14-16H2,(H,27,28)(H,29,31)(H,32,33)/t17-,22-,23?. The first-order valence-corrected chi connectivity index (χ1v) is 12.1. The molecule has 1 fully saturated rings. The monoisotopic (exact) mass is 467 g/mol. The van der Waals surface area contributed by atoms with Gasteiger partial charge in [0, 0.05) is 30.8 Å². The highest BCUT2D eigenvalue weighted by atomic mass is 16.5. The maximum absolute atomic E-state index is 12.4. The van der Waals surface area contributed by atoms with E-state index >= 15 is 0 Å². The number of amides is 1. The maximum atomic E-state index is 12.4. The number of hydrogen-bond donors (Lipinski definition) is 4. The Morgan fingerprint density at radius 1 is 1.24 bits per heavy atom. The van der Waals surface area contributed by atoms with Crippen molar-refractivity contribution >= 4 is 17.7 Å². The second kappa shape index (κ2) is 11.4. The number of carboxylic acid groups (broad SMARTS) is 1. The summed E-state index contributed by atoms with van der Waals surface area (Å²) < 4.78 is 5.87. The van der Waals surface area contributed by atoms with Crippen LogP contribution in [0.4, 0.5) is 5.82 Å². The third kappa shape index (κ3) is 6.33. The van der Waals surface area contributed by atoms with E-state index in [1.807, 2.05) is 0 Å². The number of nitrogens with one attached hydrogen (secondary N) is 2. The Balaban J connectivity index is 1.15. The van der Waals surface area contributed by atoms with Crippen molar-refractivity contribution in [2.75, 3.05) is 18.5 Å². The largest absolute Gasteiger partial charge is 0.480 e. The highest BCUT2D eigenvalue weighted by molar-refractivity contribution is 5.96. The third-order valence-corrected chi connectivity index (χ3v) is 6.69. The number of benzene rings is 1. The van der Waals surface area contributed by atoms with Gasteiger partial charge in [-0.2, -0.15) is 0 Å². The average Bonchev–Trinajstić information content (AvgIpc) is 2.83. The molecule has 4 rings (SSSR count). The van der Waals surface area contributed by atoms with Gasteiger partial charge in [-0.05, 0) is 73.8 Å². The van der Waals surface area contributed by atoms with Crippen molar-refractivity contribution in [3.05, 3.63) is 58.8 Å². The summed E-state index contributed by atoms with van der Waals surface area (Å²) in [5, 5.41) is 24.6. The van der Waals surface area contributed by atoms with Gasteiger partial charge in [-0.3, -0.25) is 4.79 Å². The average molecular weight is 468 g/mol. The van der Waals surface area contributed by atoms with Crippen molar-refractivity contribution in [1.82, 2.24) is 10.3 Å². The van der Waals surface area contributed by atoms with Crippen molar-refractivity contribution in [2.24, 2.45) is 5.92 Å². The number of carbonyl (C=O) groups excluding carboxylic acids is 1. The first-order chi connectivity index (χ1) is 16.5. The van der Waals surface area contributed by atoms with Crippen LogP contribution in [0.3, 0.4) is 0 Å². The number of aliphatic carboxylic acids is 1. The van der Waals surface area contributed by atoms with Crippen LogP contribution in [0.2, 0.25) is 0 Å². The van der Waals surface area contributed by atoms with Gasteiger partial charge in [0.2, 0.25) is 0 Å². The fourth-order valence-electron chi connectivity index (χ4n) is 4.57. The van der Waals surface area contributed by atoms with Crippen molar-refractivity contribution in [3.8, 4) is 0 Å². The maximum Gasteiger partial charge on any atom is 0.326 e. The molecule has 1 amide bonds. The molecule has 1 aliphatic heterocycles. The number of aromatic nitrogens is 1. The molecule has 2 aliphatic rings. The molecule has 0 saturated heterocycles. The quantitative estimate of drug-likeness (QED) is 0.401. The zero-order chi connectivity index (χ0) is 23.9. The molecule has 182 valence electrons. The lowest BCUT2D eigenvalue weighted by Crippen LogP contribution is -2.42. The molecule has 2 aromatic rings.